The lowest BCUT2D eigenvalue weighted by atomic mass is 9.67. The number of methoxy groups -OCH3 is 1. The average molecular weight is 234 g/mol. The summed E-state index contributed by atoms with van der Waals surface area (Å²) in [4.78, 5) is 11.3. The van der Waals surface area contributed by atoms with Gasteiger partial charge in [0.15, 0.2) is 0 Å². The largest absolute Gasteiger partial charge is 0.469 e. The van der Waals surface area contributed by atoms with Crippen LogP contribution < -0.4 is 0 Å². The van der Waals surface area contributed by atoms with E-state index in [9.17, 15) is 9.90 Å². The van der Waals surface area contributed by atoms with Gasteiger partial charge in [0.2, 0.25) is 0 Å². The van der Waals surface area contributed by atoms with Gasteiger partial charge in [-0.3, -0.25) is 4.79 Å². The van der Waals surface area contributed by atoms with Crippen LogP contribution in [0.2, 0.25) is 0 Å². The van der Waals surface area contributed by atoms with Crippen molar-refractivity contribution in [3.63, 3.8) is 0 Å². The molecule has 1 N–H and O–H groups in total. The van der Waals surface area contributed by atoms with Gasteiger partial charge < -0.3 is 9.84 Å². The topological polar surface area (TPSA) is 46.5 Å². The normalized spacial score (nSPS) is 27.4. The van der Waals surface area contributed by atoms with E-state index in [0.29, 0.717) is 12.8 Å². The molecule has 0 radical (unpaired) electrons. The van der Waals surface area contributed by atoms with Crippen molar-refractivity contribution in [2.45, 2.75) is 31.8 Å². The maximum Gasteiger partial charge on any atom is 0.308 e. The molecule has 0 unspecified atom stereocenters. The molecule has 0 heterocycles. The Hall–Kier alpha value is -1.35. The zero-order valence-corrected chi connectivity index (χ0v) is 10.3. The molecular weight excluding hydrogens is 216 g/mol. The number of aliphatic hydroxyl groups is 1. The highest BCUT2D eigenvalue weighted by Crippen LogP contribution is 2.46. The molecule has 92 valence electrons. The molecule has 3 nitrogen and oxygen atoms in total. The van der Waals surface area contributed by atoms with Gasteiger partial charge in [0, 0.05) is 0 Å². The van der Waals surface area contributed by atoms with Crippen LogP contribution in [0.1, 0.15) is 30.9 Å². The second kappa shape index (κ2) is 4.49. The van der Waals surface area contributed by atoms with Gasteiger partial charge in [-0.05, 0) is 30.4 Å². The summed E-state index contributed by atoms with van der Waals surface area (Å²) >= 11 is 0. The third kappa shape index (κ3) is 2.20. The van der Waals surface area contributed by atoms with Crippen molar-refractivity contribution in [1.29, 1.82) is 0 Å². The maximum atomic E-state index is 11.3. The van der Waals surface area contributed by atoms with E-state index in [4.69, 9.17) is 0 Å². The van der Waals surface area contributed by atoms with Crippen LogP contribution in [0.4, 0.5) is 0 Å². The minimum atomic E-state index is -0.842. The quantitative estimate of drug-likeness (QED) is 0.814. The highest BCUT2D eigenvalue weighted by Gasteiger charge is 2.47. The van der Waals surface area contributed by atoms with E-state index < -0.39 is 5.60 Å². The first-order valence-electron chi connectivity index (χ1n) is 5.98. The van der Waals surface area contributed by atoms with Crippen molar-refractivity contribution in [2.75, 3.05) is 7.11 Å². The van der Waals surface area contributed by atoms with Gasteiger partial charge in [-0.2, -0.15) is 0 Å². The van der Waals surface area contributed by atoms with Gasteiger partial charge in [0.05, 0.1) is 18.6 Å². The first-order valence-corrected chi connectivity index (χ1v) is 5.98. The van der Waals surface area contributed by atoms with Crippen molar-refractivity contribution in [2.24, 2.45) is 5.92 Å². The lowest BCUT2D eigenvalue weighted by molar-refractivity contribution is -0.163. The molecule has 1 aromatic carbocycles. The Labute approximate surface area is 101 Å². The van der Waals surface area contributed by atoms with E-state index in [1.54, 1.807) is 0 Å². The third-order valence-electron chi connectivity index (χ3n) is 3.60. The zero-order chi connectivity index (χ0) is 12.5. The second-order valence-electron chi connectivity index (χ2n) is 4.71. The van der Waals surface area contributed by atoms with E-state index in [-0.39, 0.29) is 11.9 Å². The predicted molar refractivity (Wildman–Crippen MR) is 64.5 cm³/mol. The Bertz CT molecular complexity index is 402. The predicted octanol–water partition coefficient (Wildman–Crippen LogP) is 2.02. The molecule has 1 fully saturated rings. The number of carbonyl (C=O) groups is 1. The second-order valence-corrected chi connectivity index (χ2v) is 4.71. The summed E-state index contributed by atoms with van der Waals surface area (Å²) in [5.74, 6) is -0.379. The summed E-state index contributed by atoms with van der Waals surface area (Å²) in [6, 6.07) is 7.95. The van der Waals surface area contributed by atoms with E-state index in [2.05, 4.69) is 11.7 Å². The van der Waals surface area contributed by atoms with Crippen LogP contribution >= 0.6 is 0 Å². The number of hydrogen-bond donors (Lipinski definition) is 1. The zero-order valence-electron chi connectivity index (χ0n) is 10.3. The summed E-state index contributed by atoms with van der Waals surface area (Å²) in [5, 5.41) is 10.4. The van der Waals surface area contributed by atoms with Crippen molar-refractivity contribution >= 4 is 5.97 Å². The number of rotatable bonds is 3. The molecule has 17 heavy (non-hydrogen) atoms. The van der Waals surface area contributed by atoms with E-state index >= 15 is 0 Å². The van der Waals surface area contributed by atoms with E-state index in [1.165, 1.54) is 12.7 Å². The van der Waals surface area contributed by atoms with Crippen molar-refractivity contribution in [1.82, 2.24) is 0 Å². The van der Waals surface area contributed by atoms with Crippen LogP contribution in [0, 0.1) is 5.92 Å². The lowest BCUT2D eigenvalue weighted by Crippen LogP contribution is -2.44. The van der Waals surface area contributed by atoms with Gasteiger partial charge in [-0.1, -0.05) is 31.2 Å². The van der Waals surface area contributed by atoms with Crippen molar-refractivity contribution < 1.29 is 14.6 Å². The molecule has 0 amide bonds. The molecule has 2 rings (SSSR count). The van der Waals surface area contributed by atoms with E-state index in [1.807, 2.05) is 24.3 Å². The first kappa shape index (κ1) is 12.1. The SMILES string of the molecule is CCc1ccc(C2(O)CC(C(=O)OC)C2)cc1. The molecular formula is C14H18O3. The summed E-state index contributed by atoms with van der Waals surface area (Å²) in [5.41, 5.74) is 1.31. The molecule has 1 aromatic rings. The smallest absolute Gasteiger partial charge is 0.308 e. The lowest BCUT2D eigenvalue weighted by Gasteiger charge is -2.42. The molecule has 0 aliphatic heterocycles. The molecule has 0 atom stereocenters. The van der Waals surface area contributed by atoms with Crippen LogP contribution in [-0.2, 0) is 21.6 Å². The fourth-order valence-corrected chi connectivity index (χ4v) is 2.38. The monoisotopic (exact) mass is 234 g/mol. The minimum absolute atomic E-state index is 0.157. The molecule has 0 bridgehead atoms. The Kier molecular flexibility index (Phi) is 3.20. The number of aryl methyl sites for hydroxylation is 1. The van der Waals surface area contributed by atoms with Crippen LogP contribution in [0.15, 0.2) is 24.3 Å². The minimum Gasteiger partial charge on any atom is -0.469 e. The Balaban J connectivity index is 2.06. The van der Waals surface area contributed by atoms with Gasteiger partial charge in [0.1, 0.15) is 0 Å². The molecule has 0 aromatic heterocycles. The number of esters is 1. The van der Waals surface area contributed by atoms with Crippen LogP contribution in [-0.4, -0.2) is 18.2 Å². The number of benzene rings is 1. The first-order chi connectivity index (χ1) is 8.09. The molecule has 0 saturated heterocycles. The highest BCUT2D eigenvalue weighted by atomic mass is 16.5. The van der Waals surface area contributed by atoms with E-state index in [0.717, 1.165) is 12.0 Å². The summed E-state index contributed by atoms with van der Waals surface area (Å²) < 4.78 is 4.67. The Morgan fingerprint density at radius 2 is 2.00 bits per heavy atom. The fourth-order valence-electron chi connectivity index (χ4n) is 2.38. The van der Waals surface area contributed by atoms with Gasteiger partial charge in [0.25, 0.3) is 0 Å². The summed E-state index contributed by atoms with van der Waals surface area (Å²) in [6.07, 6.45) is 1.92. The third-order valence-corrected chi connectivity index (χ3v) is 3.60. The van der Waals surface area contributed by atoms with Gasteiger partial charge in [-0.25, -0.2) is 0 Å². The summed E-state index contributed by atoms with van der Waals surface area (Å²) in [6.45, 7) is 2.10. The molecule has 3 heteroatoms. The highest BCUT2D eigenvalue weighted by molar-refractivity contribution is 5.74. The molecule has 1 aliphatic carbocycles. The van der Waals surface area contributed by atoms with Crippen LogP contribution in [0.5, 0.6) is 0 Å². The summed E-state index contributed by atoms with van der Waals surface area (Å²) in [7, 11) is 1.38. The number of carbonyl (C=O) groups excluding carboxylic acids is 1. The molecule has 1 saturated carbocycles. The molecule has 1 aliphatic rings. The van der Waals surface area contributed by atoms with Gasteiger partial charge in [-0.15, -0.1) is 0 Å². The van der Waals surface area contributed by atoms with Gasteiger partial charge >= 0.3 is 5.97 Å². The van der Waals surface area contributed by atoms with Crippen molar-refractivity contribution in [3.8, 4) is 0 Å². The van der Waals surface area contributed by atoms with Crippen LogP contribution in [0.25, 0.3) is 0 Å². The number of ether oxygens (including phenoxy) is 1. The standard InChI is InChI=1S/C14H18O3/c1-3-10-4-6-12(7-5-10)14(16)8-11(9-14)13(15)17-2/h4-7,11,16H,3,8-9H2,1-2H3. The fraction of sp³-hybridized carbons (Fsp3) is 0.500. The van der Waals surface area contributed by atoms with Crippen molar-refractivity contribution in [3.05, 3.63) is 35.4 Å². The maximum absolute atomic E-state index is 11.3. The number of hydrogen-bond acceptors (Lipinski definition) is 3. The van der Waals surface area contributed by atoms with Crippen LogP contribution in [0.3, 0.4) is 0 Å². The Morgan fingerprint density at radius 3 is 2.47 bits per heavy atom. The average Bonchev–Trinajstić information content (AvgIpc) is 2.34. The molecule has 0 spiro atoms. The Morgan fingerprint density at radius 1 is 1.41 bits per heavy atom.